The quantitative estimate of drug-likeness (QED) is 0.832. The fraction of sp³-hybridized carbons (Fsp3) is 0.625. The number of nitrogens with zero attached hydrogens (tertiary/aromatic N) is 1. The highest BCUT2D eigenvalue weighted by molar-refractivity contribution is 6.30. The van der Waals surface area contributed by atoms with Gasteiger partial charge in [-0.1, -0.05) is 36.6 Å². The van der Waals surface area contributed by atoms with Crippen molar-refractivity contribution in [2.24, 2.45) is 5.92 Å². The molecule has 1 aliphatic heterocycles. The Kier molecular flexibility index (Phi) is 4.42. The van der Waals surface area contributed by atoms with Crippen LogP contribution in [0.1, 0.15) is 37.3 Å². The highest BCUT2D eigenvalue weighted by Gasteiger charge is 2.31. The Morgan fingerprint density at radius 3 is 2.58 bits per heavy atom. The monoisotopic (exact) mass is 279 g/mol. The first-order valence-corrected chi connectivity index (χ1v) is 7.79. The Balaban J connectivity index is 1.86. The Morgan fingerprint density at radius 2 is 1.89 bits per heavy atom. The van der Waals surface area contributed by atoms with Crippen LogP contribution < -0.4 is 0 Å². The molecular weight excluding hydrogens is 258 g/mol. The van der Waals surface area contributed by atoms with Gasteiger partial charge in [0.15, 0.2) is 0 Å². The second-order valence-corrected chi connectivity index (χ2v) is 6.13. The Labute approximate surface area is 120 Å². The molecule has 0 spiro atoms. The van der Waals surface area contributed by atoms with Crippen LogP contribution in [-0.4, -0.2) is 31.2 Å². The van der Waals surface area contributed by atoms with Crippen molar-refractivity contribution in [1.82, 2.24) is 4.90 Å². The number of hydrogen-bond donors (Lipinski definition) is 0. The summed E-state index contributed by atoms with van der Waals surface area (Å²) in [6.07, 6.45) is 5.47. The maximum atomic E-state index is 6.19. The zero-order valence-corrected chi connectivity index (χ0v) is 12.1. The van der Waals surface area contributed by atoms with Gasteiger partial charge in [-0.25, -0.2) is 0 Å². The molecule has 1 aromatic rings. The summed E-state index contributed by atoms with van der Waals surface area (Å²) in [5.74, 6) is 0.788. The first kappa shape index (κ1) is 13.4. The van der Waals surface area contributed by atoms with Gasteiger partial charge in [-0.2, -0.15) is 0 Å². The van der Waals surface area contributed by atoms with Gasteiger partial charge in [-0.3, -0.25) is 4.90 Å². The third-order valence-corrected chi connectivity index (χ3v) is 4.71. The summed E-state index contributed by atoms with van der Waals surface area (Å²) in [6.45, 7) is 3.83. The van der Waals surface area contributed by atoms with E-state index in [1.54, 1.807) is 0 Å². The van der Waals surface area contributed by atoms with E-state index < -0.39 is 0 Å². The molecule has 1 heterocycles. The van der Waals surface area contributed by atoms with Gasteiger partial charge in [-0.05, 0) is 36.5 Å². The molecule has 3 rings (SSSR count). The van der Waals surface area contributed by atoms with E-state index in [1.165, 1.54) is 31.2 Å². The van der Waals surface area contributed by atoms with Gasteiger partial charge in [0.05, 0.1) is 13.2 Å². The fourth-order valence-electron chi connectivity index (χ4n) is 3.60. The lowest BCUT2D eigenvalue weighted by atomic mass is 9.90. The number of hydrogen-bond acceptors (Lipinski definition) is 2. The van der Waals surface area contributed by atoms with Crippen LogP contribution in [0.15, 0.2) is 24.3 Å². The summed E-state index contributed by atoms with van der Waals surface area (Å²) in [5, 5.41) is 0.855. The maximum absolute atomic E-state index is 6.19. The largest absolute Gasteiger partial charge is 0.379 e. The van der Waals surface area contributed by atoms with Crippen LogP contribution in [0.3, 0.4) is 0 Å². The van der Waals surface area contributed by atoms with Crippen molar-refractivity contribution in [3.05, 3.63) is 34.9 Å². The first-order valence-electron chi connectivity index (χ1n) is 7.42. The smallest absolute Gasteiger partial charge is 0.0594 e. The third kappa shape index (κ3) is 3.13. The lowest BCUT2D eigenvalue weighted by Crippen LogP contribution is -2.41. The SMILES string of the molecule is Clc1cccc(C(C2CCCC2)N2CCOCC2)c1. The predicted octanol–water partition coefficient (Wildman–Crippen LogP) is 3.90. The molecule has 0 N–H and O–H groups in total. The van der Waals surface area contributed by atoms with E-state index in [0.717, 1.165) is 37.2 Å². The molecule has 2 fully saturated rings. The second kappa shape index (κ2) is 6.25. The van der Waals surface area contributed by atoms with Gasteiger partial charge in [0.1, 0.15) is 0 Å². The lowest BCUT2D eigenvalue weighted by Gasteiger charge is -2.38. The van der Waals surface area contributed by atoms with Crippen molar-refractivity contribution in [1.29, 1.82) is 0 Å². The summed E-state index contributed by atoms with van der Waals surface area (Å²) in [5.41, 5.74) is 1.39. The predicted molar refractivity (Wildman–Crippen MR) is 78.5 cm³/mol. The van der Waals surface area contributed by atoms with Crippen molar-refractivity contribution in [3.63, 3.8) is 0 Å². The van der Waals surface area contributed by atoms with E-state index in [0.29, 0.717) is 6.04 Å². The molecule has 2 nitrogen and oxygen atoms in total. The number of rotatable bonds is 3. The maximum Gasteiger partial charge on any atom is 0.0594 e. The highest BCUT2D eigenvalue weighted by atomic mass is 35.5. The zero-order chi connectivity index (χ0) is 13.1. The van der Waals surface area contributed by atoms with Crippen molar-refractivity contribution in [2.45, 2.75) is 31.7 Å². The molecule has 0 aromatic heterocycles. The van der Waals surface area contributed by atoms with Crippen LogP contribution in [0.4, 0.5) is 0 Å². The second-order valence-electron chi connectivity index (χ2n) is 5.69. The summed E-state index contributed by atoms with van der Waals surface area (Å²) in [4.78, 5) is 2.60. The standard InChI is InChI=1S/C16H22ClNO/c17-15-7-3-6-14(12-15)16(13-4-1-2-5-13)18-8-10-19-11-9-18/h3,6-7,12-13,16H,1-2,4-5,8-11H2. The van der Waals surface area contributed by atoms with Crippen molar-refractivity contribution in [2.75, 3.05) is 26.3 Å². The number of ether oxygens (including phenoxy) is 1. The van der Waals surface area contributed by atoms with Gasteiger partial charge >= 0.3 is 0 Å². The lowest BCUT2D eigenvalue weighted by molar-refractivity contribution is 0.00238. The van der Waals surface area contributed by atoms with Crippen LogP contribution in [-0.2, 0) is 4.74 Å². The molecule has 19 heavy (non-hydrogen) atoms. The third-order valence-electron chi connectivity index (χ3n) is 4.48. The van der Waals surface area contributed by atoms with Gasteiger partial charge in [0.25, 0.3) is 0 Å². The number of benzene rings is 1. The van der Waals surface area contributed by atoms with Crippen LogP contribution in [0, 0.1) is 5.92 Å². The molecule has 1 atom stereocenters. The topological polar surface area (TPSA) is 12.5 Å². The molecule has 3 heteroatoms. The Hall–Kier alpha value is -0.570. The summed E-state index contributed by atoms with van der Waals surface area (Å²) < 4.78 is 5.50. The van der Waals surface area contributed by atoms with Crippen LogP contribution in [0.25, 0.3) is 0 Å². The molecule has 0 amide bonds. The van der Waals surface area contributed by atoms with Crippen LogP contribution in [0.5, 0.6) is 0 Å². The minimum absolute atomic E-state index is 0.532. The molecule has 0 bridgehead atoms. The van der Waals surface area contributed by atoms with Gasteiger partial charge in [0.2, 0.25) is 0 Å². The van der Waals surface area contributed by atoms with Gasteiger partial charge in [-0.15, -0.1) is 0 Å². The van der Waals surface area contributed by atoms with Crippen LogP contribution in [0.2, 0.25) is 5.02 Å². The van der Waals surface area contributed by atoms with E-state index in [-0.39, 0.29) is 0 Å². The normalized spacial score (nSPS) is 23.6. The molecular formula is C16H22ClNO. The van der Waals surface area contributed by atoms with E-state index >= 15 is 0 Å². The van der Waals surface area contributed by atoms with Crippen molar-refractivity contribution in [3.8, 4) is 0 Å². The number of halogens is 1. The molecule has 0 radical (unpaired) electrons. The molecule has 1 aliphatic carbocycles. The fourth-order valence-corrected chi connectivity index (χ4v) is 3.80. The Morgan fingerprint density at radius 1 is 1.16 bits per heavy atom. The molecule has 1 saturated heterocycles. The minimum atomic E-state index is 0.532. The van der Waals surface area contributed by atoms with Gasteiger partial charge < -0.3 is 4.74 Å². The van der Waals surface area contributed by atoms with E-state index in [4.69, 9.17) is 16.3 Å². The van der Waals surface area contributed by atoms with E-state index in [1.807, 2.05) is 6.07 Å². The summed E-state index contributed by atoms with van der Waals surface area (Å²) in [7, 11) is 0. The molecule has 1 unspecified atom stereocenters. The summed E-state index contributed by atoms with van der Waals surface area (Å²) in [6, 6.07) is 8.98. The highest BCUT2D eigenvalue weighted by Crippen LogP contribution is 2.40. The number of morpholine rings is 1. The molecule has 1 saturated carbocycles. The van der Waals surface area contributed by atoms with Crippen LogP contribution >= 0.6 is 11.6 Å². The van der Waals surface area contributed by atoms with Crippen molar-refractivity contribution >= 4 is 11.6 Å². The molecule has 1 aromatic carbocycles. The van der Waals surface area contributed by atoms with E-state index in [9.17, 15) is 0 Å². The molecule has 2 aliphatic rings. The Bertz CT molecular complexity index is 411. The summed E-state index contributed by atoms with van der Waals surface area (Å²) >= 11 is 6.19. The zero-order valence-electron chi connectivity index (χ0n) is 11.4. The average Bonchev–Trinajstić information content (AvgIpc) is 2.94. The van der Waals surface area contributed by atoms with Crippen molar-refractivity contribution < 1.29 is 4.74 Å². The van der Waals surface area contributed by atoms with E-state index in [2.05, 4.69) is 23.1 Å². The first-order chi connectivity index (χ1) is 9.34. The molecule has 104 valence electrons. The minimum Gasteiger partial charge on any atom is -0.379 e. The van der Waals surface area contributed by atoms with Gasteiger partial charge in [0, 0.05) is 24.2 Å². The average molecular weight is 280 g/mol.